The lowest BCUT2D eigenvalue weighted by atomic mass is 10.4. The summed E-state index contributed by atoms with van der Waals surface area (Å²) in [4.78, 5) is 7.12. The molecule has 14 heavy (non-hydrogen) atoms. The monoisotopic (exact) mass is 190 g/mol. The van der Waals surface area contributed by atoms with Crippen LogP contribution in [0.2, 0.25) is 0 Å². The molecule has 6 heteroatoms. The minimum absolute atomic E-state index is 0.454. The first-order valence-electron chi connectivity index (χ1n) is 4.13. The Balaban J connectivity index is 2.36. The molecule has 0 amide bonds. The quantitative estimate of drug-likeness (QED) is 0.333. The Kier molecular flexibility index (Phi) is 3.84. The van der Waals surface area contributed by atoms with Gasteiger partial charge in [-0.3, -0.25) is 0 Å². The van der Waals surface area contributed by atoms with E-state index in [1.54, 1.807) is 6.20 Å². The van der Waals surface area contributed by atoms with Gasteiger partial charge in [-0.15, -0.1) is 0 Å². The van der Waals surface area contributed by atoms with Gasteiger partial charge in [0, 0.05) is 13.0 Å². The van der Waals surface area contributed by atoms with Crippen molar-refractivity contribution in [3.63, 3.8) is 0 Å². The number of hydrogen-bond acceptors (Lipinski definition) is 5. The molecule has 0 aliphatic rings. The second-order valence-corrected chi connectivity index (χ2v) is 2.61. The van der Waals surface area contributed by atoms with Gasteiger partial charge in [0.2, 0.25) is 0 Å². The average molecular weight is 190 g/mol. The maximum atomic E-state index is 8.27. The fraction of sp³-hybridized carbons (Fsp3) is 0.375. The molecule has 0 radical (unpaired) electrons. The van der Waals surface area contributed by atoms with Crippen LogP contribution in [0.25, 0.3) is 0 Å². The summed E-state index contributed by atoms with van der Waals surface area (Å²) in [5.74, 6) is 0.808. The molecule has 0 saturated heterocycles. The Labute approximate surface area is 81.6 Å². The summed E-state index contributed by atoms with van der Waals surface area (Å²) in [5, 5.41) is 21.5. The third-order valence-corrected chi connectivity index (χ3v) is 1.60. The highest BCUT2D eigenvalue weighted by molar-refractivity contribution is 5.02. The van der Waals surface area contributed by atoms with E-state index in [1.807, 2.05) is 12.4 Å². The number of aromatic amines is 1. The van der Waals surface area contributed by atoms with Gasteiger partial charge in [-0.05, 0) is 0 Å². The van der Waals surface area contributed by atoms with E-state index in [9.17, 15) is 0 Å². The van der Waals surface area contributed by atoms with Crippen LogP contribution in [0, 0.1) is 22.9 Å². The number of nitriles is 2. The van der Waals surface area contributed by atoms with Crippen molar-refractivity contribution in [1.29, 1.82) is 10.5 Å². The second kappa shape index (κ2) is 5.44. The molecule has 0 atom stereocenters. The van der Waals surface area contributed by atoms with Gasteiger partial charge in [0.25, 0.3) is 0 Å². The van der Waals surface area contributed by atoms with Gasteiger partial charge in [0.1, 0.15) is 5.82 Å². The lowest BCUT2D eigenvalue weighted by Gasteiger charge is -1.94. The molecule has 0 aromatic carbocycles. The van der Waals surface area contributed by atoms with Crippen LogP contribution >= 0.6 is 0 Å². The standard InChI is InChI=1S/C8H10N6/c9-5-11-2-1-8-13-4-7(14-8)3-12-6-10/h4,11-12H,1-3H2,(H,13,14). The summed E-state index contributed by atoms with van der Waals surface area (Å²) in [7, 11) is 0. The molecule has 0 unspecified atom stereocenters. The number of imidazole rings is 1. The number of aromatic nitrogens is 2. The summed E-state index contributed by atoms with van der Waals surface area (Å²) < 4.78 is 0. The van der Waals surface area contributed by atoms with Crippen LogP contribution in [0.1, 0.15) is 11.5 Å². The number of nitrogens with one attached hydrogen (secondary N) is 3. The Hall–Kier alpha value is -2.21. The zero-order valence-corrected chi connectivity index (χ0v) is 7.54. The first-order chi connectivity index (χ1) is 6.86. The van der Waals surface area contributed by atoms with E-state index in [2.05, 4.69) is 20.6 Å². The van der Waals surface area contributed by atoms with E-state index in [1.165, 1.54) is 0 Å². The number of rotatable bonds is 5. The van der Waals surface area contributed by atoms with Gasteiger partial charge in [-0.1, -0.05) is 0 Å². The minimum atomic E-state index is 0.454. The topological polar surface area (TPSA) is 100 Å². The van der Waals surface area contributed by atoms with E-state index in [4.69, 9.17) is 10.5 Å². The second-order valence-electron chi connectivity index (χ2n) is 2.61. The summed E-state index contributed by atoms with van der Waals surface area (Å²) in [6.07, 6.45) is 6.00. The third-order valence-electron chi connectivity index (χ3n) is 1.60. The summed E-state index contributed by atoms with van der Waals surface area (Å²) in [5.41, 5.74) is 0.860. The molecule has 0 saturated carbocycles. The summed E-state index contributed by atoms with van der Waals surface area (Å²) in [6.45, 7) is 1.02. The van der Waals surface area contributed by atoms with E-state index in [0.29, 0.717) is 19.5 Å². The molecule has 0 fully saturated rings. The zero-order valence-electron chi connectivity index (χ0n) is 7.54. The predicted molar refractivity (Wildman–Crippen MR) is 48.4 cm³/mol. The van der Waals surface area contributed by atoms with E-state index < -0.39 is 0 Å². The Morgan fingerprint density at radius 3 is 2.86 bits per heavy atom. The van der Waals surface area contributed by atoms with Crippen LogP contribution in [0.4, 0.5) is 0 Å². The van der Waals surface area contributed by atoms with Crippen molar-refractivity contribution in [3.05, 3.63) is 17.7 Å². The Morgan fingerprint density at radius 1 is 1.36 bits per heavy atom. The first-order valence-corrected chi connectivity index (χ1v) is 4.13. The van der Waals surface area contributed by atoms with Gasteiger partial charge in [0.05, 0.1) is 18.4 Å². The van der Waals surface area contributed by atoms with Gasteiger partial charge < -0.3 is 15.6 Å². The van der Waals surface area contributed by atoms with Crippen molar-refractivity contribution in [3.8, 4) is 12.4 Å². The Morgan fingerprint density at radius 2 is 2.14 bits per heavy atom. The lowest BCUT2D eigenvalue weighted by molar-refractivity contribution is 0.795. The maximum absolute atomic E-state index is 8.27. The van der Waals surface area contributed by atoms with Crippen molar-refractivity contribution < 1.29 is 0 Å². The predicted octanol–water partition coefficient (Wildman–Crippen LogP) is -0.406. The van der Waals surface area contributed by atoms with E-state index in [-0.39, 0.29) is 0 Å². The van der Waals surface area contributed by atoms with Crippen molar-refractivity contribution in [1.82, 2.24) is 20.6 Å². The van der Waals surface area contributed by atoms with Crippen LogP contribution < -0.4 is 10.6 Å². The molecule has 0 spiro atoms. The molecule has 1 heterocycles. The van der Waals surface area contributed by atoms with Gasteiger partial charge in [-0.25, -0.2) is 4.98 Å². The van der Waals surface area contributed by atoms with Crippen molar-refractivity contribution >= 4 is 0 Å². The number of nitrogens with zero attached hydrogens (tertiary/aromatic N) is 3. The largest absolute Gasteiger partial charge is 0.344 e. The van der Waals surface area contributed by atoms with Crippen molar-refractivity contribution in [2.24, 2.45) is 0 Å². The Bertz CT molecular complexity index is 355. The van der Waals surface area contributed by atoms with E-state index in [0.717, 1.165) is 11.5 Å². The minimum Gasteiger partial charge on any atom is -0.344 e. The molecule has 0 aliphatic heterocycles. The van der Waals surface area contributed by atoms with Crippen LogP contribution in [0.15, 0.2) is 6.20 Å². The molecule has 3 N–H and O–H groups in total. The van der Waals surface area contributed by atoms with Gasteiger partial charge in [-0.2, -0.15) is 10.5 Å². The van der Waals surface area contributed by atoms with Crippen LogP contribution in [0.5, 0.6) is 0 Å². The van der Waals surface area contributed by atoms with Crippen molar-refractivity contribution in [2.45, 2.75) is 13.0 Å². The molecule has 1 rings (SSSR count). The normalized spacial score (nSPS) is 8.71. The average Bonchev–Trinajstić information content (AvgIpc) is 2.63. The number of hydrogen-bond donors (Lipinski definition) is 3. The van der Waals surface area contributed by atoms with Gasteiger partial charge in [0.15, 0.2) is 12.4 Å². The van der Waals surface area contributed by atoms with Crippen LogP contribution in [0.3, 0.4) is 0 Å². The highest BCUT2D eigenvalue weighted by Gasteiger charge is 1.99. The smallest absolute Gasteiger partial charge is 0.176 e. The van der Waals surface area contributed by atoms with E-state index >= 15 is 0 Å². The maximum Gasteiger partial charge on any atom is 0.176 e. The molecular formula is C8H10N6. The highest BCUT2D eigenvalue weighted by atomic mass is 15.0. The fourth-order valence-electron chi connectivity index (χ4n) is 0.994. The molecule has 1 aromatic rings. The molecule has 1 aromatic heterocycles. The van der Waals surface area contributed by atoms with Crippen LogP contribution in [-0.2, 0) is 13.0 Å². The molecule has 72 valence electrons. The SMILES string of the molecule is N#CNCCc1ncc(CNC#N)[nH]1. The third kappa shape index (κ3) is 3.03. The molecule has 6 nitrogen and oxygen atoms in total. The van der Waals surface area contributed by atoms with Crippen LogP contribution in [-0.4, -0.2) is 16.5 Å². The highest BCUT2D eigenvalue weighted by Crippen LogP contribution is 1.96. The first kappa shape index (κ1) is 9.87. The molecule has 0 bridgehead atoms. The zero-order chi connectivity index (χ0) is 10.2. The summed E-state index contributed by atoms with van der Waals surface area (Å²) >= 11 is 0. The van der Waals surface area contributed by atoms with Crippen molar-refractivity contribution in [2.75, 3.05) is 6.54 Å². The molecular weight excluding hydrogens is 180 g/mol. The lowest BCUT2D eigenvalue weighted by Crippen LogP contribution is -2.11. The molecule has 0 aliphatic carbocycles. The van der Waals surface area contributed by atoms with Gasteiger partial charge >= 0.3 is 0 Å². The number of H-pyrrole nitrogens is 1. The fourth-order valence-corrected chi connectivity index (χ4v) is 0.994. The summed E-state index contributed by atoms with van der Waals surface area (Å²) in [6, 6.07) is 0.